The molecule has 4 aromatic rings. The zero-order valence-corrected chi connectivity index (χ0v) is 20.4. The standard InChI is InChI=1S/C25H23ClN4O5/c1-15-13-27-22(29-10-9-19(28-29)25(32)34-4)12-20(15)30-16(2)11-21(23(26)24(30)31)35-14-17-5-7-18(33-3)8-6-17/h5-13H,14H2,1-4H3. The summed E-state index contributed by atoms with van der Waals surface area (Å²) in [6, 6.07) is 12.4. The molecule has 9 nitrogen and oxygen atoms in total. The van der Waals surface area contributed by atoms with Gasteiger partial charge in [-0.1, -0.05) is 23.7 Å². The van der Waals surface area contributed by atoms with E-state index in [4.69, 9.17) is 25.8 Å². The molecule has 4 rings (SSSR count). The molecule has 0 N–H and O–H groups in total. The molecule has 0 radical (unpaired) electrons. The molecule has 0 fully saturated rings. The van der Waals surface area contributed by atoms with Gasteiger partial charge in [0.05, 0.1) is 19.9 Å². The van der Waals surface area contributed by atoms with Crippen molar-refractivity contribution in [3.05, 3.63) is 92.7 Å². The van der Waals surface area contributed by atoms with E-state index in [1.54, 1.807) is 38.6 Å². The SMILES string of the molecule is COC(=O)c1ccn(-c2cc(-n3c(C)cc(OCc4ccc(OC)cc4)c(Cl)c3=O)c(C)cn2)n1. The Kier molecular flexibility index (Phi) is 6.88. The highest BCUT2D eigenvalue weighted by atomic mass is 35.5. The first kappa shape index (κ1) is 24.0. The maximum Gasteiger partial charge on any atom is 0.358 e. The molecule has 0 bridgehead atoms. The van der Waals surface area contributed by atoms with E-state index in [-0.39, 0.29) is 17.3 Å². The number of benzene rings is 1. The molecule has 0 unspecified atom stereocenters. The highest BCUT2D eigenvalue weighted by Gasteiger charge is 2.17. The molecular formula is C25H23ClN4O5. The molecule has 0 aliphatic carbocycles. The zero-order valence-electron chi connectivity index (χ0n) is 19.6. The molecule has 180 valence electrons. The Balaban J connectivity index is 1.66. The Labute approximate surface area is 206 Å². The summed E-state index contributed by atoms with van der Waals surface area (Å²) in [6.45, 7) is 3.87. The van der Waals surface area contributed by atoms with Crippen molar-refractivity contribution in [1.82, 2.24) is 19.3 Å². The van der Waals surface area contributed by atoms with Crippen LogP contribution in [0.15, 0.2) is 59.7 Å². The van der Waals surface area contributed by atoms with E-state index in [1.165, 1.54) is 22.4 Å². The average molecular weight is 495 g/mol. The fraction of sp³-hybridized carbons (Fsp3) is 0.200. The van der Waals surface area contributed by atoms with Crippen LogP contribution in [0.5, 0.6) is 11.5 Å². The normalized spacial score (nSPS) is 10.8. The monoisotopic (exact) mass is 494 g/mol. The summed E-state index contributed by atoms with van der Waals surface area (Å²) in [4.78, 5) is 29.4. The van der Waals surface area contributed by atoms with Crippen LogP contribution in [0, 0.1) is 13.8 Å². The van der Waals surface area contributed by atoms with Crippen LogP contribution < -0.4 is 15.0 Å². The number of nitrogens with zero attached hydrogens (tertiary/aromatic N) is 4. The van der Waals surface area contributed by atoms with Gasteiger partial charge < -0.3 is 14.2 Å². The van der Waals surface area contributed by atoms with E-state index in [1.807, 2.05) is 31.2 Å². The molecule has 10 heteroatoms. The fourth-order valence-corrected chi connectivity index (χ4v) is 3.70. The first-order valence-corrected chi connectivity index (χ1v) is 11.0. The third-order valence-corrected chi connectivity index (χ3v) is 5.72. The first-order valence-electron chi connectivity index (χ1n) is 10.6. The van der Waals surface area contributed by atoms with E-state index < -0.39 is 11.5 Å². The van der Waals surface area contributed by atoms with Gasteiger partial charge in [-0.2, -0.15) is 5.10 Å². The van der Waals surface area contributed by atoms with Gasteiger partial charge in [-0.15, -0.1) is 0 Å². The van der Waals surface area contributed by atoms with Crippen LogP contribution in [-0.2, 0) is 11.3 Å². The number of pyridine rings is 2. The van der Waals surface area contributed by atoms with Crippen LogP contribution >= 0.6 is 11.6 Å². The lowest BCUT2D eigenvalue weighted by Gasteiger charge is -2.16. The van der Waals surface area contributed by atoms with Crippen molar-refractivity contribution >= 4 is 17.6 Å². The van der Waals surface area contributed by atoms with Gasteiger partial charge in [-0.25, -0.2) is 14.5 Å². The summed E-state index contributed by atoms with van der Waals surface area (Å²) in [6.07, 6.45) is 3.21. The third kappa shape index (κ3) is 4.90. The Hall–Kier alpha value is -4.11. The molecule has 0 spiro atoms. The van der Waals surface area contributed by atoms with Gasteiger partial charge in [0.1, 0.15) is 23.1 Å². The highest BCUT2D eigenvalue weighted by Crippen LogP contribution is 2.26. The van der Waals surface area contributed by atoms with Crippen molar-refractivity contribution < 1.29 is 19.0 Å². The van der Waals surface area contributed by atoms with Gasteiger partial charge in [0.2, 0.25) is 0 Å². The van der Waals surface area contributed by atoms with Gasteiger partial charge in [0, 0.05) is 30.2 Å². The van der Waals surface area contributed by atoms with Gasteiger partial charge in [-0.05, 0) is 43.2 Å². The number of esters is 1. The number of aryl methyl sites for hydroxylation is 2. The van der Waals surface area contributed by atoms with Crippen LogP contribution in [-0.4, -0.2) is 39.5 Å². The Morgan fingerprint density at radius 2 is 1.83 bits per heavy atom. The van der Waals surface area contributed by atoms with Crippen molar-refractivity contribution in [2.24, 2.45) is 0 Å². The minimum atomic E-state index is -0.555. The summed E-state index contributed by atoms with van der Waals surface area (Å²) in [5.41, 5.74) is 2.58. The van der Waals surface area contributed by atoms with Crippen LogP contribution in [0.1, 0.15) is 27.3 Å². The van der Waals surface area contributed by atoms with Gasteiger partial charge in [0.25, 0.3) is 5.56 Å². The predicted molar refractivity (Wildman–Crippen MR) is 130 cm³/mol. The van der Waals surface area contributed by atoms with E-state index in [0.717, 1.165) is 16.9 Å². The quantitative estimate of drug-likeness (QED) is 0.357. The average Bonchev–Trinajstić information content (AvgIpc) is 3.36. The van der Waals surface area contributed by atoms with Gasteiger partial charge >= 0.3 is 5.97 Å². The second kappa shape index (κ2) is 10.0. The number of methoxy groups -OCH3 is 2. The van der Waals surface area contributed by atoms with E-state index in [9.17, 15) is 9.59 Å². The lowest BCUT2D eigenvalue weighted by atomic mass is 10.2. The molecule has 0 saturated carbocycles. The summed E-state index contributed by atoms with van der Waals surface area (Å²) < 4.78 is 18.6. The predicted octanol–water partition coefficient (Wildman–Crippen LogP) is 4.06. The number of carbonyl (C=O) groups excluding carboxylic acids is 1. The molecule has 0 amide bonds. The smallest absolute Gasteiger partial charge is 0.358 e. The molecule has 3 heterocycles. The fourth-order valence-electron chi connectivity index (χ4n) is 3.50. The Morgan fingerprint density at radius 3 is 2.51 bits per heavy atom. The number of halogens is 1. The molecule has 0 aliphatic heterocycles. The van der Waals surface area contributed by atoms with Crippen LogP contribution in [0.3, 0.4) is 0 Å². The van der Waals surface area contributed by atoms with Crippen molar-refractivity contribution in [2.75, 3.05) is 14.2 Å². The molecule has 0 aliphatic rings. The second-order valence-corrected chi connectivity index (χ2v) is 8.09. The summed E-state index contributed by atoms with van der Waals surface area (Å²) in [5.74, 6) is 0.903. The highest BCUT2D eigenvalue weighted by molar-refractivity contribution is 6.31. The number of carbonyl (C=O) groups is 1. The Bertz CT molecular complexity index is 1440. The van der Waals surface area contributed by atoms with Crippen molar-refractivity contribution in [1.29, 1.82) is 0 Å². The number of ether oxygens (including phenoxy) is 3. The number of rotatable bonds is 7. The molecular weight excluding hydrogens is 472 g/mol. The topological polar surface area (TPSA) is 97.5 Å². The van der Waals surface area contributed by atoms with Crippen LogP contribution in [0.4, 0.5) is 0 Å². The Morgan fingerprint density at radius 1 is 1.09 bits per heavy atom. The third-order valence-electron chi connectivity index (χ3n) is 5.37. The lowest BCUT2D eigenvalue weighted by Crippen LogP contribution is -2.23. The van der Waals surface area contributed by atoms with Gasteiger partial charge in [0.15, 0.2) is 11.5 Å². The molecule has 3 aromatic heterocycles. The van der Waals surface area contributed by atoms with Gasteiger partial charge in [-0.3, -0.25) is 9.36 Å². The van der Waals surface area contributed by atoms with E-state index in [0.29, 0.717) is 22.9 Å². The van der Waals surface area contributed by atoms with Crippen molar-refractivity contribution in [2.45, 2.75) is 20.5 Å². The lowest BCUT2D eigenvalue weighted by molar-refractivity contribution is 0.0593. The minimum absolute atomic E-state index is 0.0334. The maximum absolute atomic E-state index is 13.3. The maximum atomic E-state index is 13.3. The van der Waals surface area contributed by atoms with E-state index >= 15 is 0 Å². The second-order valence-electron chi connectivity index (χ2n) is 7.71. The molecule has 1 aromatic carbocycles. The van der Waals surface area contributed by atoms with Crippen molar-refractivity contribution in [3.8, 4) is 23.0 Å². The largest absolute Gasteiger partial charge is 0.497 e. The summed E-state index contributed by atoms with van der Waals surface area (Å²) in [5, 5.41) is 4.16. The number of aromatic nitrogens is 4. The summed E-state index contributed by atoms with van der Waals surface area (Å²) in [7, 11) is 2.89. The van der Waals surface area contributed by atoms with Crippen molar-refractivity contribution in [3.63, 3.8) is 0 Å². The molecule has 0 saturated heterocycles. The molecule has 35 heavy (non-hydrogen) atoms. The number of hydrogen-bond acceptors (Lipinski definition) is 7. The minimum Gasteiger partial charge on any atom is -0.497 e. The summed E-state index contributed by atoms with van der Waals surface area (Å²) >= 11 is 6.43. The number of hydrogen-bond donors (Lipinski definition) is 0. The zero-order chi connectivity index (χ0) is 25.1. The van der Waals surface area contributed by atoms with Crippen LogP contribution in [0.25, 0.3) is 11.5 Å². The van der Waals surface area contributed by atoms with E-state index in [2.05, 4.69) is 10.1 Å². The first-order chi connectivity index (χ1) is 16.8. The molecule has 0 atom stereocenters. The van der Waals surface area contributed by atoms with Crippen LogP contribution in [0.2, 0.25) is 5.02 Å².